The molecule has 1 aromatic rings. The van der Waals surface area contributed by atoms with E-state index in [0.29, 0.717) is 31.1 Å². The average Bonchev–Trinajstić information content (AvgIpc) is 2.41. The highest BCUT2D eigenvalue weighted by atomic mass is 35.5. The Balaban J connectivity index is 2.59. The van der Waals surface area contributed by atoms with Crippen LogP contribution in [0.15, 0.2) is 24.3 Å². The number of nitrogens with one attached hydrogen (secondary N) is 1. The first-order valence-electron chi connectivity index (χ1n) is 6.59. The van der Waals surface area contributed by atoms with Gasteiger partial charge in [-0.3, -0.25) is 0 Å². The number of ether oxygens (including phenoxy) is 1. The van der Waals surface area contributed by atoms with Crippen molar-refractivity contribution >= 4 is 23.4 Å². The highest BCUT2D eigenvalue weighted by molar-refractivity contribution is 8.00. The molecule has 0 amide bonds. The molecule has 1 aromatic carbocycles. The van der Waals surface area contributed by atoms with Crippen LogP contribution in [0.3, 0.4) is 0 Å². The van der Waals surface area contributed by atoms with Crippen molar-refractivity contribution in [1.82, 2.24) is 5.32 Å². The minimum absolute atomic E-state index is 0.0106. The summed E-state index contributed by atoms with van der Waals surface area (Å²) in [5.41, 5.74) is -3.30. The van der Waals surface area contributed by atoms with Gasteiger partial charge >= 0.3 is 5.51 Å². The van der Waals surface area contributed by atoms with Crippen LogP contribution in [0.5, 0.6) is 0 Å². The van der Waals surface area contributed by atoms with Crippen LogP contribution in [-0.4, -0.2) is 38.1 Å². The summed E-state index contributed by atoms with van der Waals surface area (Å²) >= 11 is 6.16. The number of benzene rings is 1. The van der Waals surface area contributed by atoms with Crippen LogP contribution in [0, 0.1) is 0 Å². The van der Waals surface area contributed by atoms with Crippen LogP contribution >= 0.6 is 23.4 Å². The maximum absolute atomic E-state index is 12.2. The molecule has 21 heavy (non-hydrogen) atoms. The van der Waals surface area contributed by atoms with Gasteiger partial charge in [-0.05, 0) is 24.0 Å². The van der Waals surface area contributed by atoms with Crippen molar-refractivity contribution in [3.05, 3.63) is 34.9 Å². The molecule has 0 bridgehead atoms. The Morgan fingerprint density at radius 1 is 1.33 bits per heavy atom. The van der Waals surface area contributed by atoms with E-state index >= 15 is 0 Å². The van der Waals surface area contributed by atoms with E-state index in [2.05, 4.69) is 5.32 Å². The van der Waals surface area contributed by atoms with Crippen molar-refractivity contribution in [2.75, 3.05) is 32.6 Å². The molecule has 1 N–H and O–H groups in total. The van der Waals surface area contributed by atoms with Crippen molar-refractivity contribution in [1.29, 1.82) is 0 Å². The second-order valence-electron chi connectivity index (χ2n) is 4.50. The topological polar surface area (TPSA) is 21.3 Å². The van der Waals surface area contributed by atoms with Gasteiger partial charge in [-0.2, -0.15) is 13.2 Å². The first kappa shape index (κ1) is 18.6. The Morgan fingerprint density at radius 2 is 2.05 bits per heavy atom. The molecule has 2 nitrogen and oxygen atoms in total. The van der Waals surface area contributed by atoms with Crippen LogP contribution in [0.25, 0.3) is 0 Å². The van der Waals surface area contributed by atoms with Crippen LogP contribution in [0.1, 0.15) is 17.9 Å². The van der Waals surface area contributed by atoms with Gasteiger partial charge in [0.2, 0.25) is 0 Å². The molecule has 0 aromatic heterocycles. The summed E-state index contributed by atoms with van der Waals surface area (Å²) in [6.07, 6.45) is 0.411. The van der Waals surface area contributed by atoms with Gasteiger partial charge < -0.3 is 10.1 Å². The van der Waals surface area contributed by atoms with E-state index < -0.39 is 5.51 Å². The van der Waals surface area contributed by atoms with E-state index in [4.69, 9.17) is 16.3 Å². The summed E-state index contributed by atoms with van der Waals surface area (Å²) in [5.74, 6) is -0.0314. The Kier molecular flexibility index (Phi) is 8.48. The highest BCUT2D eigenvalue weighted by Gasteiger charge is 2.28. The van der Waals surface area contributed by atoms with Gasteiger partial charge in [0.1, 0.15) is 0 Å². The van der Waals surface area contributed by atoms with Crippen LogP contribution in [0.4, 0.5) is 13.2 Å². The van der Waals surface area contributed by atoms with Crippen molar-refractivity contribution < 1.29 is 17.9 Å². The molecular weight excluding hydrogens is 323 g/mol. The number of thioether (sulfide) groups is 1. The quantitative estimate of drug-likeness (QED) is 0.676. The number of alkyl halides is 3. The van der Waals surface area contributed by atoms with Gasteiger partial charge in [0, 0.05) is 31.0 Å². The fraction of sp³-hybridized carbons (Fsp3) is 0.571. The Morgan fingerprint density at radius 3 is 2.67 bits per heavy atom. The smallest absolute Gasteiger partial charge is 0.383 e. The van der Waals surface area contributed by atoms with Crippen LogP contribution < -0.4 is 5.32 Å². The SMILES string of the molecule is COCCNCC(CCSC(F)(F)F)c1ccccc1Cl. The lowest BCUT2D eigenvalue weighted by Crippen LogP contribution is -2.25. The van der Waals surface area contributed by atoms with Crippen molar-refractivity contribution in [3.8, 4) is 0 Å². The van der Waals surface area contributed by atoms with E-state index in [-0.39, 0.29) is 23.4 Å². The minimum Gasteiger partial charge on any atom is -0.383 e. The van der Waals surface area contributed by atoms with Crippen LogP contribution in [-0.2, 0) is 4.74 Å². The second-order valence-corrected chi connectivity index (χ2v) is 6.07. The number of rotatable bonds is 9. The molecule has 0 fully saturated rings. The zero-order chi connectivity index (χ0) is 15.7. The van der Waals surface area contributed by atoms with E-state index in [1.165, 1.54) is 0 Å². The number of hydrogen-bond acceptors (Lipinski definition) is 3. The van der Waals surface area contributed by atoms with E-state index in [0.717, 1.165) is 5.56 Å². The van der Waals surface area contributed by atoms with Crippen LogP contribution in [0.2, 0.25) is 5.02 Å². The minimum atomic E-state index is -4.19. The summed E-state index contributed by atoms with van der Waals surface area (Å²) in [4.78, 5) is 0. The molecule has 7 heteroatoms. The van der Waals surface area contributed by atoms with Gasteiger partial charge in [-0.25, -0.2) is 0 Å². The van der Waals surface area contributed by atoms with Gasteiger partial charge in [0.05, 0.1) is 6.61 Å². The maximum atomic E-state index is 12.2. The molecule has 120 valence electrons. The zero-order valence-electron chi connectivity index (χ0n) is 11.8. The summed E-state index contributed by atoms with van der Waals surface area (Å²) in [5, 5.41) is 3.78. The molecule has 0 spiro atoms. The molecule has 0 radical (unpaired) electrons. The number of methoxy groups -OCH3 is 1. The lowest BCUT2D eigenvalue weighted by Gasteiger charge is -2.19. The molecule has 1 unspecified atom stereocenters. The molecule has 0 saturated heterocycles. The van der Waals surface area contributed by atoms with Gasteiger partial charge in [0.25, 0.3) is 0 Å². The van der Waals surface area contributed by atoms with Crippen molar-refractivity contribution in [2.24, 2.45) is 0 Å². The third-order valence-electron chi connectivity index (χ3n) is 2.95. The molecule has 1 rings (SSSR count). The van der Waals surface area contributed by atoms with Gasteiger partial charge in [0.15, 0.2) is 0 Å². The summed E-state index contributed by atoms with van der Waals surface area (Å²) in [6, 6.07) is 7.28. The monoisotopic (exact) mass is 341 g/mol. The third kappa shape index (κ3) is 7.95. The Hall–Kier alpha value is -0.430. The fourth-order valence-corrected chi connectivity index (χ4v) is 2.86. The fourth-order valence-electron chi connectivity index (χ4n) is 1.94. The van der Waals surface area contributed by atoms with Crippen molar-refractivity contribution in [2.45, 2.75) is 17.8 Å². The van der Waals surface area contributed by atoms with E-state index in [1.807, 2.05) is 18.2 Å². The summed E-state index contributed by atoms with van der Waals surface area (Å²) in [6.45, 7) is 1.79. The second kappa shape index (κ2) is 9.56. The Bertz CT molecular complexity index is 417. The molecule has 0 heterocycles. The molecule has 0 saturated carbocycles. The normalized spacial score (nSPS) is 13.4. The highest BCUT2D eigenvalue weighted by Crippen LogP contribution is 2.34. The zero-order valence-corrected chi connectivity index (χ0v) is 13.3. The maximum Gasteiger partial charge on any atom is 0.441 e. The van der Waals surface area contributed by atoms with Gasteiger partial charge in [-0.15, -0.1) is 0 Å². The van der Waals surface area contributed by atoms with E-state index in [1.54, 1.807) is 13.2 Å². The third-order valence-corrected chi connectivity index (χ3v) is 4.06. The summed E-state index contributed by atoms with van der Waals surface area (Å²) in [7, 11) is 1.60. The Labute approximate surface area is 132 Å². The molecule has 0 aliphatic carbocycles. The summed E-state index contributed by atoms with van der Waals surface area (Å²) < 4.78 is 41.7. The first-order chi connectivity index (χ1) is 9.94. The largest absolute Gasteiger partial charge is 0.441 e. The standard InChI is InChI=1S/C14H19ClF3NOS/c1-20-8-7-19-10-11(6-9-21-14(16,17)18)12-4-2-3-5-13(12)15/h2-5,11,19H,6-10H2,1H3. The van der Waals surface area contributed by atoms with E-state index in [9.17, 15) is 13.2 Å². The molecule has 0 aliphatic rings. The van der Waals surface area contributed by atoms with Crippen molar-refractivity contribution in [3.63, 3.8) is 0 Å². The lowest BCUT2D eigenvalue weighted by atomic mass is 9.96. The molecule has 0 aliphatic heterocycles. The molecular formula is C14H19ClF3NOS. The predicted octanol–water partition coefficient (Wildman–Crippen LogP) is 4.30. The first-order valence-corrected chi connectivity index (χ1v) is 7.95. The average molecular weight is 342 g/mol. The van der Waals surface area contributed by atoms with Gasteiger partial charge in [-0.1, -0.05) is 41.6 Å². The predicted molar refractivity (Wildman–Crippen MR) is 82.1 cm³/mol. The number of halogens is 4. The lowest BCUT2D eigenvalue weighted by molar-refractivity contribution is -0.0328. The number of hydrogen-bond donors (Lipinski definition) is 1. The molecule has 1 atom stereocenters.